The Kier molecular flexibility index (Phi) is 6.23. The van der Waals surface area contributed by atoms with Gasteiger partial charge in [-0.05, 0) is 55.4 Å². The van der Waals surface area contributed by atoms with Crippen molar-refractivity contribution in [1.82, 2.24) is 4.90 Å². The maximum absolute atomic E-state index is 12.8. The maximum Gasteiger partial charge on any atom is 0.341 e. The molecule has 0 aliphatic carbocycles. The number of amidine groups is 1. The number of hydrogen-bond acceptors (Lipinski definition) is 6. The molecule has 2 aromatic rings. The smallest absolute Gasteiger partial charge is 0.341 e. The van der Waals surface area contributed by atoms with E-state index < -0.39 is 12.6 Å². The number of carboxylic acid groups (broad SMARTS) is 1. The van der Waals surface area contributed by atoms with Gasteiger partial charge < -0.3 is 14.9 Å². The summed E-state index contributed by atoms with van der Waals surface area (Å²) in [6.07, 6.45) is 1.66. The Balaban J connectivity index is 1.93. The second-order valence-electron chi connectivity index (χ2n) is 6.27. The highest BCUT2D eigenvalue weighted by molar-refractivity contribution is 8.18. The number of phenolic OH excluding ortho intramolecular Hbond substituents is 1. The highest BCUT2D eigenvalue weighted by Gasteiger charge is 2.32. The molecule has 0 bridgehead atoms. The number of benzene rings is 2. The number of carbonyl (C=O) groups excluding carboxylic acids is 1. The highest BCUT2D eigenvalue weighted by atomic mass is 32.2. The van der Waals surface area contributed by atoms with Crippen LogP contribution in [0, 0.1) is 6.92 Å². The van der Waals surface area contributed by atoms with E-state index in [1.165, 1.54) is 16.7 Å². The Labute approximate surface area is 172 Å². The quantitative estimate of drug-likeness (QED) is 0.701. The second kappa shape index (κ2) is 8.83. The number of carboxylic acids is 1. The van der Waals surface area contributed by atoms with Crippen molar-refractivity contribution in [3.05, 3.63) is 58.5 Å². The van der Waals surface area contributed by atoms with Gasteiger partial charge in [-0.3, -0.25) is 9.69 Å². The fourth-order valence-electron chi connectivity index (χ4n) is 2.71. The third-order valence-electron chi connectivity index (χ3n) is 4.11. The third-order valence-corrected chi connectivity index (χ3v) is 5.11. The van der Waals surface area contributed by atoms with Crippen molar-refractivity contribution < 1.29 is 24.5 Å². The zero-order chi connectivity index (χ0) is 21.0. The number of rotatable bonds is 6. The fourth-order valence-corrected chi connectivity index (χ4v) is 3.76. The molecular weight excluding hydrogens is 392 g/mol. The zero-order valence-corrected chi connectivity index (χ0v) is 16.8. The van der Waals surface area contributed by atoms with E-state index in [4.69, 9.17) is 9.84 Å². The van der Waals surface area contributed by atoms with Crippen LogP contribution in [0.5, 0.6) is 11.5 Å². The summed E-state index contributed by atoms with van der Waals surface area (Å²) in [5.74, 6) is -0.869. The first kappa shape index (κ1) is 20.5. The van der Waals surface area contributed by atoms with Crippen LogP contribution in [-0.4, -0.2) is 45.3 Å². The summed E-state index contributed by atoms with van der Waals surface area (Å²) in [5.41, 5.74) is 1.89. The molecule has 1 aliphatic heterocycles. The van der Waals surface area contributed by atoms with Crippen molar-refractivity contribution in [2.45, 2.75) is 13.8 Å². The predicted octanol–water partition coefficient (Wildman–Crippen LogP) is 3.79. The molecule has 0 unspecified atom stereocenters. The first-order valence-electron chi connectivity index (χ1n) is 8.92. The largest absolute Gasteiger partial charge is 0.506 e. The predicted molar refractivity (Wildman–Crippen MR) is 112 cm³/mol. The molecule has 150 valence electrons. The molecule has 0 saturated carbocycles. The van der Waals surface area contributed by atoms with Crippen LogP contribution < -0.4 is 4.74 Å². The van der Waals surface area contributed by atoms with Gasteiger partial charge in [0.1, 0.15) is 17.2 Å². The number of ether oxygens (including phenoxy) is 1. The Morgan fingerprint density at radius 3 is 2.72 bits per heavy atom. The van der Waals surface area contributed by atoms with Crippen molar-refractivity contribution in [2.24, 2.45) is 4.99 Å². The van der Waals surface area contributed by atoms with Gasteiger partial charge in [0.05, 0.1) is 4.91 Å². The zero-order valence-electron chi connectivity index (χ0n) is 16.0. The SMILES string of the molecule is CCN1C(=O)/C(=C/c2ccccc2OCC(=O)O)SC1=Nc1ccc(C)cc1O. The van der Waals surface area contributed by atoms with Gasteiger partial charge in [-0.1, -0.05) is 24.3 Å². The van der Waals surface area contributed by atoms with E-state index in [2.05, 4.69) is 4.99 Å². The molecule has 1 amide bonds. The van der Waals surface area contributed by atoms with Gasteiger partial charge in [0.2, 0.25) is 0 Å². The van der Waals surface area contributed by atoms with Crippen LogP contribution in [0.3, 0.4) is 0 Å². The van der Waals surface area contributed by atoms with Crippen molar-refractivity contribution >= 4 is 40.6 Å². The van der Waals surface area contributed by atoms with E-state index in [0.717, 1.165) is 5.56 Å². The van der Waals surface area contributed by atoms with E-state index in [1.54, 1.807) is 42.5 Å². The van der Waals surface area contributed by atoms with E-state index >= 15 is 0 Å². The summed E-state index contributed by atoms with van der Waals surface area (Å²) in [5, 5.41) is 19.4. The molecule has 3 rings (SSSR count). The number of nitrogens with zero attached hydrogens (tertiary/aromatic N) is 2. The Hall–Kier alpha value is -3.26. The van der Waals surface area contributed by atoms with E-state index in [9.17, 15) is 14.7 Å². The molecule has 2 aromatic carbocycles. The molecule has 0 aromatic heterocycles. The molecule has 8 heteroatoms. The van der Waals surface area contributed by atoms with Crippen molar-refractivity contribution in [1.29, 1.82) is 0 Å². The second-order valence-corrected chi connectivity index (χ2v) is 7.28. The Morgan fingerprint density at radius 1 is 1.28 bits per heavy atom. The lowest BCUT2D eigenvalue weighted by Gasteiger charge is -2.12. The minimum absolute atomic E-state index is 0.0476. The van der Waals surface area contributed by atoms with Crippen molar-refractivity contribution in [3.8, 4) is 11.5 Å². The number of aliphatic imine (C=N–C) groups is 1. The van der Waals surface area contributed by atoms with Crippen LogP contribution >= 0.6 is 11.8 Å². The van der Waals surface area contributed by atoms with Crippen LogP contribution in [0.2, 0.25) is 0 Å². The average Bonchev–Trinajstić information content (AvgIpc) is 2.97. The van der Waals surface area contributed by atoms with Gasteiger partial charge in [-0.2, -0.15) is 0 Å². The fraction of sp³-hybridized carbons (Fsp3) is 0.190. The summed E-state index contributed by atoms with van der Waals surface area (Å²) in [4.78, 5) is 30.0. The Morgan fingerprint density at radius 2 is 2.03 bits per heavy atom. The number of carbonyl (C=O) groups is 2. The number of aryl methyl sites for hydroxylation is 1. The van der Waals surface area contributed by atoms with Crippen LogP contribution in [0.4, 0.5) is 5.69 Å². The molecule has 1 heterocycles. The van der Waals surface area contributed by atoms with Gasteiger partial charge in [0, 0.05) is 12.1 Å². The number of likely N-dealkylation sites (N-methyl/N-ethyl adjacent to an activating group) is 1. The lowest BCUT2D eigenvalue weighted by Crippen LogP contribution is -2.28. The highest BCUT2D eigenvalue weighted by Crippen LogP contribution is 2.37. The molecule has 2 N–H and O–H groups in total. The first-order valence-corrected chi connectivity index (χ1v) is 9.74. The van der Waals surface area contributed by atoms with Gasteiger partial charge in [0.15, 0.2) is 11.8 Å². The van der Waals surface area contributed by atoms with E-state index in [1.807, 2.05) is 19.9 Å². The van der Waals surface area contributed by atoms with Gasteiger partial charge in [-0.25, -0.2) is 9.79 Å². The summed E-state index contributed by atoms with van der Waals surface area (Å²) in [6, 6.07) is 12.1. The lowest BCUT2D eigenvalue weighted by molar-refractivity contribution is -0.139. The van der Waals surface area contributed by atoms with Gasteiger partial charge >= 0.3 is 5.97 Å². The average molecular weight is 412 g/mol. The number of phenols is 1. The third kappa shape index (κ3) is 4.78. The lowest BCUT2D eigenvalue weighted by atomic mass is 10.2. The minimum atomic E-state index is -1.08. The molecule has 1 fully saturated rings. The first-order chi connectivity index (χ1) is 13.9. The normalized spacial score (nSPS) is 16.6. The van der Waals surface area contributed by atoms with Crippen LogP contribution in [0.1, 0.15) is 18.1 Å². The van der Waals surface area contributed by atoms with E-state index in [-0.39, 0.29) is 11.7 Å². The molecular formula is C21H20N2O5S. The van der Waals surface area contributed by atoms with Gasteiger partial charge in [0.25, 0.3) is 5.91 Å². The van der Waals surface area contributed by atoms with Crippen LogP contribution in [-0.2, 0) is 9.59 Å². The number of aliphatic carboxylic acids is 1. The number of para-hydroxylation sites is 1. The molecule has 1 saturated heterocycles. The summed E-state index contributed by atoms with van der Waals surface area (Å²) >= 11 is 1.19. The van der Waals surface area contributed by atoms with Crippen molar-refractivity contribution in [2.75, 3.05) is 13.2 Å². The topological polar surface area (TPSA) is 99.4 Å². The number of thioether (sulfide) groups is 1. The Bertz CT molecular complexity index is 1020. The number of hydrogen-bond donors (Lipinski definition) is 2. The minimum Gasteiger partial charge on any atom is -0.506 e. The molecule has 7 nitrogen and oxygen atoms in total. The van der Waals surface area contributed by atoms with Gasteiger partial charge in [-0.15, -0.1) is 0 Å². The summed E-state index contributed by atoms with van der Waals surface area (Å²) < 4.78 is 5.31. The van der Waals surface area contributed by atoms with E-state index in [0.29, 0.717) is 33.6 Å². The van der Waals surface area contributed by atoms with Crippen molar-refractivity contribution in [3.63, 3.8) is 0 Å². The van der Waals surface area contributed by atoms with Crippen LogP contribution in [0.25, 0.3) is 6.08 Å². The standard InChI is InChI=1S/C21H20N2O5S/c1-3-23-20(27)18(11-14-6-4-5-7-17(14)28-12-19(25)26)29-21(23)22-15-9-8-13(2)10-16(15)24/h4-11,24H,3,12H2,1-2H3,(H,25,26)/b18-11-,22-21?. The molecule has 1 aliphatic rings. The maximum atomic E-state index is 12.8. The summed E-state index contributed by atoms with van der Waals surface area (Å²) in [7, 11) is 0. The summed E-state index contributed by atoms with van der Waals surface area (Å²) in [6.45, 7) is 3.66. The molecule has 29 heavy (non-hydrogen) atoms. The monoisotopic (exact) mass is 412 g/mol. The molecule has 0 radical (unpaired) electrons. The molecule has 0 spiro atoms. The number of aromatic hydroxyl groups is 1. The molecule has 0 atom stereocenters. The van der Waals surface area contributed by atoms with Crippen LogP contribution in [0.15, 0.2) is 52.4 Å². The number of amides is 1.